The second-order valence-electron chi connectivity index (χ2n) is 7.57. The minimum absolute atomic E-state index is 0.104. The molecule has 2 heterocycles. The quantitative estimate of drug-likeness (QED) is 0.352. The van der Waals surface area contributed by atoms with Gasteiger partial charge in [0.1, 0.15) is 5.52 Å². The lowest BCUT2D eigenvalue weighted by atomic mass is 10.1. The zero-order chi connectivity index (χ0) is 22.0. The van der Waals surface area contributed by atoms with Crippen LogP contribution in [0.2, 0.25) is 0 Å². The first-order valence-electron chi connectivity index (χ1n) is 10.1. The summed E-state index contributed by atoms with van der Waals surface area (Å²) in [7, 11) is 0. The molecule has 1 atom stereocenters. The minimum Gasteiger partial charge on any atom is -0.353 e. The van der Waals surface area contributed by atoms with Gasteiger partial charge in [-0.1, -0.05) is 59.8 Å². The summed E-state index contributed by atoms with van der Waals surface area (Å²) in [5, 5.41) is 3.51. The van der Waals surface area contributed by atoms with Crippen molar-refractivity contribution in [2.75, 3.05) is 5.75 Å². The van der Waals surface area contributed by atoms with Crippen LogP contribution in [0.4, 0.5) is 0 Å². The number of aromatic nitrogens is 3. The molecule has 0 fully saturated rings. The van der Waals surface area contributed by atoms with Gasteiger partial charge in [0.25, 0.3) is 5.56 Å². The van der Waals surface area contributed by atoms with Crippen LogP contribution in [0, 0.1) is 13.8 Å². The molecule has 0 radical (unpaired) electrons. The summed E-state index contributed by atoms with van der Waals surface area (Å²) in [4.78, 5) is 33.5. The number of thioether (sulfide) groups is 1. The third-order valence-electron chi connectivity index (χ3n) is 5.06. The van der Waals surface area contributed by atoms with E-state index in [0.29, 0.717) is 21.9 Å². The average Bonchev–Trinajstić information content (AvgIpc) is 3.14. The molecule has 1 amide bonds. The molecule has 1 unspecified atom stereocenters. The summed E-state index contributed by atoms with van der Waals surface area (Å²) in [5.74, 6) is 0.0435. The number of aromatic amines is 1. The van der Waals surface area contributed by atoms with Gasteiger partial charge in [-0.2, -0.15) is 0 Å². The van der Waals surface area contributed by atoms with E-state index in [9.17, 15) is 9.59 Å². The van der Waals surface area contributed by atoms with Gasteiger partial charge in [-0.3, -0.25) is 14.2 Å². The highest BCUT2D eigenvalue weighted by Gasteiger charge is 2.17. The molecule has 2 aromatic heterocycles. The average molecular weight is 433 g/mol. The highest BCUT2D eigenvalue weighted by atomic mass is 32.2. The standard InChI is InChI=1S/C24H24N4O2S/c1-15-9-11-18(12-10-15)17(3)26-21(29)14-31-24-27-20-13-16(2)25-22(20)23(30)28(24)19-7-5-4-6-8-19/h4-13,17,25H,14H2,1-3H3,(H,26,29). The molecule has 0 saturated heterocycles. The Hall–Kier alpha value is -3.32. The van der Waals surface area contributed by atoms with Crippen molar-refractivity contribution < 1.29 is 4.79 Å². The molecule has 0 saturated carbocycles. The van der Waals surface area contributed by atoms with E-state index in [1.807, 2.05) is 81.4 Å². The Labute approximate surface area is 184 Å². The van der Waals surface area contributed by atoms with Gasteiger partial charge < -0.3 is 10.3 Å². The summed E-state index contributed by atoms with van der Waals surface area (Å²) >= 11 is 1.25. The number of fused-ring (bicyclic) bond motifs is 1. The van der Waals surface area contributed by atoms with Gasteiger partial charge in [-0.05, 0) is 44.5 Å². The Bertz CT molecular complexity index is 1280. The summed E-state index contributed by atoms with van der Waals surface area (Å²) in [6.45, 7) is 5.88. The molecule has 6 nitrogen and oxygen atoms in total. The Balaban J connectivity index is 1.58. The van der Waals surface area contributed by atoms with Crippen molar-refractivity contribution in [2.24, 2.45) is 0 Å². The molecule has 0 aliphatic carbocycles. The molecule has 7 heteroatoms. The first-order chi connectivity index (χ1) is 14.9. The van der Waals surface area contributed by atoms with Gasteiger partial charge in [0, 0.05) is 5.69 Å². The number of nitrogens with one attached hydrogen (secondary N) is 2. The second-order valence-corrected chi connectivity index (χ2v) is 8.51. The van der Waals surface area contributed by atoms with E-state index >= 15 is 0 Å². The number of amides is 1. The summed E-state index contributed by atoms with van der Waals surface area (Å²) in [5.41, 5.74) is 4.69. The summed E-state index contributed by atoms with van der Waals surface area (Å²) in [6.07, 6.45) is 0. The van der Waals surface area contributed by atoms with Crippen molar-refractivity contribution in [1.82, 2.24) is 19.9 Å². The molecule has 0 bridgehead atoms. The van der Waals surface area contributed by atoms with Crippen LogP contribution in [0.3, 0.4) is 0 Å². The molecule has 2 N–H and O–H groups in total. The number of hydrogen-bond donors (Lipinski definition) is 2. The fourth-order valence-corrected chi connectivity index (χ4v) is 4.25. The lowest BCUT2D eigenvalue weighted by Crippen LogP contribution is -2.29. The molecule has 4 aromatic rings. The molecule has 31 heavy (non-hydrogen) atoms. The predicted octanol–water partition coefficient (Wildman–Crippen LogP) is 4.30. The maximum absolute atomic E-state index is 13.2. The number of H-pyrrole nitrogens is 1. The van der Waals surface area contributed by atoms with Crippen LogP contribution in [-0.4, -0.2) is 26.2 Å². The van der Waals surface area contributed by atoms with E-state index in [2.05, 4.69) is 15.3 Å². The maximum Gasteiger partial charge on any atom is 0.283 e. The van der Waals surface area contributed by atoms with E-state index in [4.69, 9.17) is 0 Å². The Morgan fingerprint density at radius 2 is 1.84 bits per heavy atom. The molecule has 2 aromatic carbocycles. The molecule has 0 spiro atoms. The lowest BCUT2D eigenvalue weighted by Gasteiger charge is -2.15. The molecule has 158 valence electrons. The molecule has 4 rings (SSSR count). The largest absolute Gasteiger partial charge is 0.353 e. The zero-order valence-corrected chi connectivity index (χ0v) is 18.5. The van der Waals surface area contributed by atoms with E-state index in [0.717, 1.165) is 11.3 Å². The smallest absolute Gasteiger partial charge is 0.283 e. The SMILES string of the molecule is Cc1ccc(C(C)NC(=O)CSc2nc3cc(C)[nH]c3c(=O)n2-c2ccccc2)cc1. The first kappa shape index (κ1) is 20.9. The number of carbonyl (C=O) groups is 1. The lowest BCUT2D eigenvalue weighted by molar-refractivity contribution is -0.119. The third kappa shape index (κ3) is 4.56. The maximum atomic E-state index is 13.2. The first-order valence-corrected chi connectivity index (χ1v) is 11.1. The van der Waals surface area contributed by atoms with Gasteiger partial charge in [0.2, 0.25) is 5.91 Å². The Morgan fingerprint density at radius 1 is 1.13 bits per heavy atom. The van der Waals surface area contributed by atoms with Crippen molar-refractivity contribution in [3.8, 4) is 5.69 Å². The van der Waals surface area contributed by atoms with E-state index in [1.165, 1.54) is 17.3 Å². The minimum atomic E-state index is -0.180. The predicted molar refractivity (Wildman–Crippen MR) is 125 cm³/mol. The molecule has 0 aliphatic rings. The van der Waals surface area contributed by atoms with Crippen molar-refractivity contribution in [2.45, 2.75) is 32.0 Å². The number of para-hydroxylation sites is 1. The van der Waals surface area contributed by atoms with Crippen molar-refractivity contribution in [3.63, 3.8) is 0 Å². The van der Waals surface area contributed by atoms with E-state index in [1.54, 1.807) is 4.57 Å². The topological polar surface area (TPSA) is 79.8 Å². The van der Waals surface area contributed by atoms with Crippen LogP contribution >= 0.6 is 11.8 Å². The second kappa shape index (κ2) is 8.81. The van der Waals surface area contributed by atoms with Crippen LogP contribution in [-0.2, 0) is 4.79 Å². The van der Waals surface area contributed by atoms with Crippen LogP contribution < -0.4 is 10.9 Å². The fraction of sp³-hybridized carbons (Fsp3) is 0.208. The van der Waals surface area contributed by atoms with Crippen molar-refractivity contribution in [1.29, 1.82) is 0 Å². The van der Waals surface area contributed by atoms with Crippen molar-refractivity contribution in [3.05, 3.63) is 87.8 Å². The van der Waals surface area contributed by atoms with Crippen LogP contribution in [0.15, 0.2) is 70.6 Å². The zero-order valence-electron chi connectivity index (χ0n) is 17.7. The normalized spacial score (nSPS) is 12.1. The number of benzene rings is 2. The number of carbonyl (C=O) groups excluding carboxylic acids is 1. The van der Waals surface area contributed by atoms with Crippen LogP contribution in [0.1, 0.15) is 29.8 Å². The van der Waals surface area contributed by atoms with Gasteiger partial charge >= 0.3 is 0 Å². The van der Waals surface area contributed by atoms with Crippen LogP contribution in [0.25, 0.3) is 16.7 Å². The van der Waals surface area contributed by atoms with Gasteiger partial charge in [0.05, 0.1) is 23.0 Å². The van der Waals surface area contributed by atoms with Gasteiger partial charge in [-0.15, -0.1) is 0 Å². The highest BCUT2D eigenvalue weighted by Crippen LogP contribution is 2.22. The van der Waals surface area contributed by atoms with Gasteiger partial charge in [-0.25, -0.2) is 4.98 Å². The molecule has 0 aliphatic heterocycles. The van der Waals surface area contributed by atoms with Crippen molar-refractivity contribution >= 4 is 28.7 Å². The number of aryl methyl sites for hydroxylation is 2. The molecular formula is C24H24N4O2S. The monoisotopic (exact) mass is 432 g/mol. The highest BCUT2D eigenvalue weighted by molar-refractivity contribution is 7.99. The number of nitrogens with zero attached hydrogens (tertiary/aromatic N) is 2. The Morgan fingerprint density at radius 3 is 2.55 bits per heavy atom. The summed E-state index contributed by atoms with van der Waals surface area (Å²) in [6, 6.07) is 19.2. The van der Waals surface area contributed by atoms with E-state index in [-0.39, 0.29) is 23.3 Å². The summed E-state index contributed by atoms with van der Waals surface area (Å²) < 4.78 is 1.56. The van der Waals surface area contributed by atoms with Crippen LogP contribution in [0.5, 0.6) is 0 Å². The van der Waals surface area contributed by atoms with Gasteiger partial charge in [0.15, 0.2) is 5.16 Å². The number of rotatable bonds is 6. The Kier molecular flexibility index (Phi) is 5.95. The fourth-order valence-electron chi connectivity index (χ4n) is 3.43. The number of hydrogen-bond acceptors (Lipinski definition) is 4. The van der Waals surface area contributed by atoms with E-state index < -0.39 is 0 Å². The third-order valence-corrected chi connectivity index (χ3v) is 6.00. The molecular weight excluding hydrogens is 408 g/mol.